The summed E-state index contributed by atoms with van der Waals surface area (Å²) in [5.41, 5.74) is 11.5. The Morgan fingerprint density at radius 1 is 0.528 bits per heavy atom. The second kappa shape index (κ2) is 13.9. The minimum atomic E-state index is -0.142. The number of rotatable bonds is 6. The molecule has 4 aliphatic carbocycles. The van der Waals surface area contributed by atoms with Crippen molar-refractivity contribution in [1.29, 1.82) is 0 Å². The molecule has 0 amide bonds. The molecule has 272 valence electrons. The molecule has 53 heavy (non-hydrogen) atoms. The molecule has 5 aromatic carbocycles. The molecular weight excluding hydrogens is 643 g/mol. The fraction of sp³-hybridized carbons (Fsp3) is 0.412. The van der Waals surface area contributed by atoms with Gasteiger partial charge < -0.3 is 9.64 Å². The molecule has 1 aliphatic heterocycles. The number of benzene rings is 5. The van der Waals surface area contributed by atoms with Gasteiger partial charge in [-0.05, 0) is 150 Å². The largest absolute Gasteiger partial charge is 0.358 e. The molecule has 2 spiro atoms. The van der Waals surface area contributed by atoms with Gasteiger partial charge in [0.2, 0.25) is 0 Å². The lowest BCUT2D eigenvalue weighted by Gasteiger charge is -2.51. The van der Waals surface area contributed by atoms with Gasteiger partial charge in [-0.2, -0.15) is 0 Å². The molecule has 4 bridgehead atoms. The second-order valence-corrected chi connectivity index (χ2v) is 16.8. The molecule has 0 N–H and O–H groups in total. The Kier molecular flexibility index (Phi) is 9.10. The van der Waals surface area contributed by atoms with Gasteiger partial charge in [0.25, 0.3) is 0 Å². The fourth-order valence-electron chi connectivity index (χ4n) is 12.1. The van der Waals surface area contributed by atoms with Crippen LogP contribution in [0, 0.1) is 35.5 Å². The summed E-state index contributed by atoms with van der Waals surface area (Å²) in [6.45, 7) is 8.98. The fourth-order valence-corrected chi connectivity index (χ4v) is 12.1. The van der Waals surface area contributed by atoms with Gasteiger partial charge in [0.15, 0.2) is 0 Å². The zero-order valence-corrected chi connectivity index (χ0v) is 32.3. The number of nitrogens with zero attached hydrogens (tertiary/aromatic N) is 1. The van der Waals surface area contributed by atoms with Gasteiger partial charge in [-0.25, -0.2) is 0 Å². The van der Waals surface area contributed by atoms with Gasteiger partial charge in [-0.15, -0.1) is 0 Å². The SMILES string of the molecule is CC.CCC1CC2CCC(C2)C12OC1(c3cc(-c4ccc(N(c5ccccc5)c5ccc(-c6ccccc6)cc5)cc4)ccc32)C(C)CC2CCC1C2. The quantitative estimate of drug-likeness (QED) is 0.175. The molecule has 8 atom stereocenters. The van der Waals surface area contributed by atoms with Crippen LogP contribution in [0.15, 0.2) is 127 Å². The smallest absolute Gasteiger partial charge is 0.100 e. The second-order valence-electron chi connectivity index (χ2n) is 16.8. The summed E-state index contributed by atoms with van der Waals surface area (Å²) in [5.74, 6) is 4.30. The van der Waals surface area contributed by atoms with E-state index in [2.05, 4.69) is 146 Å². The van der Waals surface area contributed by atoms with Crippen molar-refractivity contribution in [2.45, 2.75) is 96.7 Å². The molecule has 4 fully saturated rings. The van der Waals surface area contributed by atoms with Crippen LogP contribution in [0.1, 0.15) is 96.6 Å². The van der Waals surface area contributed by atoms with Gasteiger partial charge in [0, 0.05) is 17.1 Å². The highest BCUT2D eigenvalue weighted by Gasteiger charge is 2.67. The molecule has 4 saturated carbocycles. The molecule has 2 heteroatoms. The Bertz CT molecular complexity index is 2020. The van der Waals surface area contributed by atoms with Crippen molar-refractivity contribution < 1.29 is 4.74 Å². The van der Waals surface area contributed by atoms with Crippen molar-refractivity contribution in [2.24, 2.45) is 35.5 Å². The molecule has 2 nitrogen and oxygen atoms in total. The predicted octanol–water partition coefficient (Wildman–Crippen LogP) is 14.2. The Morgan fingerprint density at radius 2 is 1.04 bits per heavy atom. The molecule has 5 aliphatic rings. The van der Waals surface area contributed by atoms with E-state index >= 15 is 0 Å². The lowest BCUT2D eigenvalue weighted by molar-refractivity contribution is -0.251. The third-order valence-electron chi connectivity index (χ3n) is 14.3. The maximum Gasteiger partial charge on any atom is 0.100 e. The van der Waals surface area contributed by atoms with E-state index in [-0.39, 0.29) is 11.2 Å². The van der Waals surface area contributed by atoms with E-state index in [0.717, 1.165) is 23.2 Å². The van der Waals surface area contributed by atoms with Crippen molar-refractivity contribution in [3.63, 3.8) is 0 Å². The molecular formula is C51H57NO. The predicted molar refractivity (Wildman–Crippen MR) is 222 cm³/mol. The van der Waals surface area contributed by atoms with E-state index < -0.39 is 0 Å². The van der Waals surface area contributed by atoms with Crippen molar-refractivity contribution in [3.8, 4) is 22.3 Å². The van der Waals surface area contributed by atoms with E-state index in [4.69, 9.17) is 4.74 Å². The van der Waals surface area contributed by atoms with Gasteiger partial charge in [-0.3, -0.25) is 0 Å². The van der Waals surface area contributed by atoms with E-state index in [1.807, 2.05) is 13.8 Å². The summed E-state index contributed by atoms with van der Waals surface area (Å²) in [6, 6.07) is 47.3. The van der Waals surface area contributed by atoms with Crippen molar-refractivity contribution in [3.05, 3.63) is 139 Å². The number of fused-ring (bicyclic) bond motifs is 9. The average molecular weight is 700 g/mol. The highest BCUT2D eigenvalue weighted by atomic mass is 16.5. The van der Waals surface area contributed by atoms with Crippen molar-refractivity contribution in [1.82, 2.24) is 0 Å². The van der Waals surface area contributed by atoms with Crippen LogP contribution in [0.25, 0.3) is 22.3 Å². The maximum absolute atomic E-state index is 8.03. The number of ether oxygens (including phenoxy) is 1. The maximum atomic E-state index is 8.03. The standard InChI is InChI=1S/C49H51NO.C2H6/c1-3-40-29-35-15-22-42(31-35)49(40)46-27-20-39(32-47(46)48(51-49)33(2)28-34-14-21-41(48)30-34)38-18-25-45(26-19-38)50(43-12-8-5-9-13-43)44-23-16-37(17-24-44)36-10-6-4-7-11-36;1-2/h4-13,16-20,23-27,32-35,40-42H,3,14-15,21-22,28-31H2,1-2H3;1-2H3. The number of anilines is 3. The minimum absolute atomic E-state index is 0.102. The first-order valence-corrected chi connectivity index (χ1v) is 21.0. The van der Waals surface area contributed by atoms with Crippen LogP contribution in [-0.2, 0) is 15.9 Å². The summed E-state index contributed by atoms with van der Waals surface area (Å²) in [6.07, 6.45) is 12.1. The van der Waals surface area contributed by atoms with Gasteiger partial charge in [-0.1, -0.05) is 132 Å². The van der Waals surface area contributed by atoms with E-state index in [9.17, 15) is 0 Å². The Hall–Kier alpha value is -4.14. The number of hydrogen-bond donors (Lipinski definition) is 0. The van der Waals surface area contributed by atoms with Crippen LogP contribution in [0.5, 0.6) is 0 Å². The molecule has 0 saturated heterocycles. The van der Waals surface area contributed by atoms with Crippen molar-refractivity contribution >= 4 is 17.1 Å². The number of hydrogen-bond acceptors (Lipinski definition) is 2. The minimum Gasteiger partial charge on any atom is -0.358 e. The number of para-hydroxylation sites is 1. The molecule has 8 unspecified atom stereocenters. The third-order valence-corrected chi connectivity index (χ3v) is 14.3. The third kappa shape index (κ3) is 5.53. The van der Waals surface area contributed by atoms with Crippen molar-refractivity contribution in [2.75, 3.05) is 4.90 Å². The van der Waals surface area contributed by atoms with Crippen LogP contribution in [0.3, 0.4) is 0 Å². The highest BCUT2D eigenvalue weighted by molar-refractivity contribution is 5.80. The monoisotopic (exact) mass is 699 g/mol. The van der Waals surface area contributed by atoms with Gasteiger partial charge >= 0.3 is 0 Å². The molecule has 1 heterocycles. The summed E-state index contributed by atoms with van der Waals surface area (Å²) in [7, 11) is 0. The first kappa shape index (κ1) is 34.6. The van der Waals surface area contributed by atoms with Crippen LogP contribution < -0.4 is 4.90 Å². The van der Waals surface area contributed by atoms with E-state index in [1.54, 1.807) is 11.1 Å². The van der Waals surface area contributed by atoms with Crippen LogP contribution in [-0.4, -0.2) is 0 Å². The average Bonchev–Trinajstić information content (AvgIpc) is 3.92. The van der Waals surface area contributed by atoms with Crippen LogP contribution >= 0.6 is 0 Å². The summed E-state index contributed by atoms with van der Waals surface area (Å²) in [4.78, 5) is 2.37. The highest BCUT2D eigenvalue weighted by Crippen LogP contribution is 2.70. The van der Waals surface area contributed by atoms with E-state index in [1.165, 1.54) is 85.7 Å². The zero-order chi connectivity index (χ0) is 36.2. The normalized spacial score (nSPS) is 30.6. The van der Waals surface area contributed by atoms with E-state index in [0.29, 0.717) is 23.7 Å². The Morgan fingerprint density at radius 3 is 1.66 bits per heavy atom. The van der Waals surface area contributed by atoms with Gasteiger partial charge in [0.1, 0.15) is 11.2 Å². The summed E-state index contributed by atoms with van der Waals surface area (Å²) >= 11 is 0. The molecule has 10 rings (SSSR count). The lowest BCUT2D eigenvalue weighted by atomic mass is 9.63. The van der Waals surface area contributed by atoms with Crippen LogP contribution in [0.2, 0.25) is 0 Å². The first-order chi connectivity index (χ1) is 26.1. The summed E-state index contributed by atoms with van der Waals surface area (Å²) < 4.78 is 8.03. The topological polar surface area (TPSA) is 12.5 Å². The van der Waals surface area contributed by atoms with Gasteiger partial charge in [0.05, 0.1) is 0 Å². The summed E-state index contributed by atoms with van der Waals surface area (Å²) in [5, 5.41) is 0. The zero-order valence-electron chi connectivity index (χ0n) is 32.3. The molecule has 0 radical (unpaired) electrons. The molecule has 0 aromatic heterocycles. The Balaban J connectivity index is 0.00000183. The van der Waals surface area contributed by atoms with Crippen LogP contribution in [0.4, 0.5) is 17.1 Å². The molecule has 5 aromatic rings. The Labute approximate surface area is 318 Å². The lowest BCUT2D eigenvalue weighted by Crippen LogP contribution is -2.50. The first-order valence-electron chi connectivity index (χ1n) is 21.0.